The topological polar surface area (TPSA) is 85.1 Å². The van der Waals surface area contributed by atoms with Crippen LogP contribution in [0.15, 0.2) is 59.0 Å². The molecule has 31 heavy (non-hydrogen) atoms. The SMILES string of the molecule is Cn1nc(-c2cccc(Cl)c2)c2scc(-c3ccncc3)c2c1=O.O=C(O)C(F)(F)F. The van der Waals surface area contributed by atoms with E-state index in [1.807, 2.05) is 41.8 Å². The Bertz CT molecular complexity index is 1300. The van der Waals surface area contributed by atoms with E-state index in [1.165, 1.54) is 16.0 Å². The zero-order valence-corrected chi connectivity index (χ0v) is 17.3. The predicted octanol–water partition coefficient (Wildman–Crippen LogP) is 5.01. The second-order valence-electron chi connectivity index (χ2n) is 6.18. The van der Waals surface area contributed by atoms with Crippen LogP contribution in [0.25, 0.3) is 32.5 Å². The molecule has 1 N–H and O–H groups in total. The lowest BCUT2D eigenvalue weighted by molar-refractivity contribution is -0.192. The van der Waals surface area contributed by atoms with E-state index in [1.54, 1.807) is 19.4 Å². The third-order valence-electron chi connectivity index (χ3n) is 4.10. The van der Waals surface area contributed by atoms with E-state index >= 15 is 0 Å². The molecule has 0 saturated heterocycles. The number of alkyl halides is 3. The van der Waals surface area contributed by atoms with E-state index in [-0.39, 0.29) is 5.56 Å². The zero-order chi connectivity index (χ0) is 22.8. The summed E-state index contributed by atoms with van der Waals surface area (Å²) in [7, 11) is 1.67. The van der Waals surface area contributed by atoms with Gasteiger partial charge in [0.1, 0.15) is 5.69 Å². The summed E-state index contributed by atoms with van der Waals surface area (Å²) in [6.45, 7) is 0. The van der Waals surface area contributed by atoms with Gasteiger partial charge in [0, 0.05) is 41.0 Å². The van der Waals surface area contributed by atoms with E-state index in [4.69, 9.17) is 21.5 Å². The highest BCUT2D eigenvalue weighted by Gasteiger charge is 2.38. The molecule has 1 aromatic carbocycles. The van der Waals surface area contributed by atoms with E-state index in [0.717, 1.165) is 27.1 Å². The number of hydrogen-bond donors (Lipinski definition) is 1. The van der Waals surface area contributed by atoms with Gasteiger partial charge in [-0.05, 0) is 29.8 Å². The summed E-state index contributed by atoms with van der Waals surface area (Å²) in [5.41, 5.74) is 3.43. The number of fused-ring (bicyclic) bond motifs is 1. The number of thiophene rings is 1. The molecule has 4 aromatic rings. The van der Waals surface area contributed by atoms with Crippen LogP contribution in [-0.2, 0) is 11.8 Å². The monoisotopic (exact) mass is 467 g/mol. The number of benzene rings is 1. The van der Waals surface area contributed by atoms with Crippen molar-refractivity contribution in [3.63, 3.8) is 0 Å². The minimum atomic E-state index is -5.08. The van der Waals surface area contributed by atoms with Gasteiger partial charge in [0.15, 0.2) is 0 Å². The van der Waals surface area contributed by atoms with Gasteiger partial charge in [-0.2, -0.15) is 18.3 Å². The molecule has 11 heteroatoms. The largest absolute Gasteiger partial charge is 0.490 e. The molecule has 0 radical (unpaired) electrons. The molecule has 160 valence electrons. The second-order valence-corrected chi connectivity index (χ2v) is 7.50. The van der Waals surface area contributed by atoms with Crippen molar-refractivity contribution in [2.75, 3.05) is 0 Å². The molecule has 0 aliphatic rings. The van der Waals surface area contributed by atoms with E-state index in [2.05, 4.69) is 10.1 Å². The van der Waals surface area contributed by atoms with Crippen LogP contribution in [0.4, 0.5) is 13.2 Å². The summed E-state index contributed by atoms with van der Waals surface area (Å²) in [6.07, 6.45) is -1.63. The Hall–Kier alpha value is -3.24. The molecule has 0 aliphatic heterocycles. The van der Waals surface area contributed by atoms with Gasteiger partial charge in [0.2, 0.25) is 0 Å². The molecular weight excluding hydrogens is 455 g/mol. The first-order valence-electron chi connectivity index (χ1n) is 8.54. The number of pyridine rings is 1. The Kier molecular flexibility index (Phi) is 6.42. The van der Waals surface area contributed by atoms with Crippen molar-refractivity contribution in [3.8, 4) is 22.4 Å². The lowest BCUT2D eigenvalue weighted by Crippen LogP contribution is -2.21. The van der Waals surface area contributed by atoms with Crippen LogP contribution < -0.4 is 5.56 Å². The predicted molar refractivity (Wildman–Crippen MR) is 112 cm³/mol. The fourth-order valence-electron chi connectivity index (χ4n) is 2.72. The standard InChI is InChI=1S/C18H12ClN3OS.C2HF3O2/c1-22-18(23)15-14(11-5-7-20-8-6-11)10-24-17(15)16(21-22)12-3-2-4-13(19)9-12;3-2(4,5)1(6)7/h2-10H,1H3;(H,6,7). The molecule has 3 aromatic heterocycles. The summed E-state index contributed by atoms with van der Waals surface area (Å²) in [5, 5.41) is 14.9. The second kappa shape index (κ2) is 8.86. The highest BCUT2D eigenvalue weighted by molar-refractivity contribution is 7.18. The number of carboxylic acid groups (broad SMARTS) is 1. The number of aliphatic carboxylic acids is 1. The van der Waals surface area contributed by atoms with Gasteiger partial charge < -0.3 is 5.11 Å². The molecule has 0 spiro atoms. The van der Waals surface area contributed by atoms with Gasteiger partial charge in [-0.3, -0.25) is 9.78 Å². The lowest BCUT2D eigenvalue weighted by Gasteiger charge is -2.07. The highest BCUT2D eigenvalue weighted by atomic mass is 35.5. The van der Waals surface area contributed by atoms with Crippen molar-refractivity contribution in [3.05, 3.63) is 69.5 Å². The van der Waals surface area contributed by atoms with Crippen molar-refractivity contribution in [1.82, 2.24) is 14.8 Å². The first kappa shape index (κ1) is 22.4. The fourth-order valence-corrected chi connectivity index (χ4v) is 3.98. The summed E-state index contributed by atoms with van der Waals surface area (Å²) < 4.78 is 34.0. The number of nitrogens with zero attached hydrogens (tertiary/aromatic N) is 3. The van der Waals surface area contributed by atoms with Crippen LogP contribution in [0.2, 0.25) is 5.02 Å². The maximum atomic E-state index is 12.7. The third-order valence-corrected chi connectivity index (χ3v) is 5.32. The maximum Gasteiger partial charge on any atom is 0.490 e. The van der Waals surface area contributed by atoms with Gasteiger partial charge in [-0.25, -0.2) is 9.48 Å². The van der Waals surface area contributed by atoms with Gasteiger partial charge in [0.05, 0.1) is 10.1 Å². The molecule has 0 atom stereocenters. The number of aryl methyl sites for hydroxylation is 1. The summed E-state index contributed by atoms with van der Waals surface area (Å²) in [5.74, 6) is -2.76. The molecule has 3 heterocycles. The molecule has 0 fully saturated rings. The minimum Gasteiger partial charge on any atom is -0.475 e. The highest BCUT2D eigenvalue weighted by Crippen LogP contribution is 2.36. The van der Waals surface area contributed by atoms with Crippen LogP contribution in [-0.4, -0.2) is 32.0 Å². The Balaban J connectivity index is 0.000000339. The lowest BCUT2D eigenvalue weighted by atomic mass is 10.1. The average molecular weight is 468 g/mol. The summed E-state index contributed by atoms with van der Waals surface area (Å²) in [6, 6.07) is 11.3. The van der Waals surface area contributed by atoms with Gasteiger partial charge in [0.25, 0.3) is 5.56 Å². The van der Waals surface area contributed by atoms with Crippen molar-refractivity contribution in [2.24, 2.45) is 7.05 Å². The normalized spacial score (nSPS) is 11.1. The molecule has 0 saturated carbocycles. The first-order valence-corrected chi connectivity index (χ1v) is 9.80. The Morgan fingerprint density at radius 1 is 1.16 bits per heavy atom. The van der Waals surface area contributed by atoms with Crippen LogP contribution >= 0.6 is 22.9 Å². The molecule has 0 unspecified atom stereocenters. The molecule has 6 nitrogen and oxygen atoms in total. The average Bonchev–Trinajstić information content (AvgIpc) is 3.16. The van der Waals surface area contributed by atoms with Crippen LogP contribution in [0.1, 0.15) is 0 Å². The Morgan fingerprint density at radius 3 is 2.39 bits per heavy atom. The quantitative estimate of drug-likeness (QED) is 0.448. The number of carbonyl (C=O) groups is 1. The first-order chi connectivity index (χ1) is 14.6. The van der Waals surface area contributed by atoms with Crippen molar-refractivity contribution in [2.45, 2.75) is 6.18 Å². The fraction of sp³-hybridized carbons (Fsp3) is 0.100. The van der Waals surface area contributed by atoms with Gasteiger partial charge >= 0.3 is 12.1 Å². The minimum absolute atomic E-state index is 0.108. The van der Waals surface area contributed by atoms with Gasteiger partial charge in [-0.15, -0.1) is 11.3 Å². The smallest absolute Gasteiger partial charge is 0.475 e. The molecule has 0 aliphatic carbocycles. The number of rotatable bonds is 2. The summed E-state index contributed by atoms with van der Waals surface area (Å²) in [4.78, 5) is 25.6. The molecule has 0 amide bonds. The number of hydrogen-bond acceptors (Lipinski definition) is 5. The van der Waals surface area contributed by atoms with E-state index in [0.29, 0.717) is 10.4 Å². The number of aromatic nitrogens is 3. The van der Waals surface area contributed by atoms with Gasteiger partial charge in [-0.1, -0.05) is 23.7 Å². The number of carboxylic acids is 1. The van der Waals surface area contributed by atoms with Crippen molar-refractivity contribution < 1.29 is 23.1 Å². The third kappa shape index (κ3) is 4.92. The van der Waals surface area contributed by atoms with Crippen LogP contribution in [0.3, 0.4) is 0 Å². The molecular formula is C20H13ClF3N3O3S. The maximum absolute atomic E-state index is 12.7. The summed E-state index contributed by atoms with van der Waals surface area (Å²) >= 11 is 7.64. The Morgan fingerprint density at radius 2 is 1.81 bits per heavy atom. The number of halogens is 4. The zero-order valence-electron chi connectivity index (χ0n) is 15.7. The van der Waals surface area contributed by atoms with E-state index < -0.39 is 12.1 Å². The van der Waals surface area contributed by atoms with Crippen LogP contribution in [0, 0.1) is 0 Å². The van der Waals surface area contributed by atoms with Crippen molar-refractivity contribution >= 4 is 39.0 Å². The molecule has 0 bridgehead atoms. The van der Waals surface area contributed by atoms with E-state index in [9.17, 15) is 18.0 Å². The van der Waals surface area contributed by atoms with Crippen LogP contribution in [0.5, 0.6) is 0 Å². The van der Waals surface area contributed by atoms with Crippen molar-refractivity contribution in [1.29, 1.82) is 0 Å². The Labute approximate surface area is 182 Å². The molecule has 4 rings (SSSR count).